The van der Waals surface area contributed by atoms with E-state index >= 15 is 0 Å². The lowest BCUT2D eigenvalue weighted by molar-refractivity contribution is -0.153. The largest absolute Gasteiger partial charge is 0.496 e. The van der Waals surface area contributed by atoms with E-state index in [-0.39, 0.29) is 12.5 Å². The molecule has 1 unspecified atom stereocenters. The maximum Gasteiger partial charge on any atom is 0.347 e. The molecule has 1 aromatic heterocycles. The van der Waals surface area contributed by atoms with Crippen LogP contribution in [0.25, 0.3) is 11.4 Å². The minimum atomic E-state index is -0.809. The molecule has 8 heteroatoms. The minimum absolute atomic E-state index is 0.158. The molecule has 2 aromatic carbocycles. The van der Waals surface area contributed by atoms with Crippen molar-refractivity contribution in [1.29, 1.82) is 0 Å². The molecule has 1 heterocycles. The van der Waals surface area contributed by atoms with Gasteiger partial charge in [-0.15, -0.1) is 0 Å². The van der Waals surface area contributed by atoms with Crippen LogP contribution in [0, 0.1) is 6.92 Å². The van der Waals surface area contributed by atoms with E-state index in [0.717, 1.165) is 5.56 Å². The van der Waals surface area contributed by atoms with Gasteiger partial charge < -0.3 is 18.7 Å². The Balaban J connectivity index is 1.59. The highest BCUT2D eigenvalue weighted by Crippen LogP contribution is 2.27. The molecule has 3 rings (SSSR count). The molecular formula is C20H19ClN2O5. The number of nitrogens with zero attached hydrogens (tertiary/aromatic N) is 2. The van der Waals surface area contributed by atoms with Crippen LogP contribution in [0.2, 0.25) is 5.02 Å². The van der Waals surface area contributed by atoms with Crippen LogP contribution in [0.1, 0.15) is 18.4 Å². The van der Waals surface area contributed by atoms with Crippen LogP contribution in [0.15, 0.2) is 47.0 Å². The molecule has 0 aliphatic rings. The number of hydrogen-bond acceptors (Lipinski definition) is 7. The Labute approximate surface area is 167 Å². The first kappa shape index (κ1) is 19.7. The molecule has 0 bridgehead atoms. The van der Waals surface area contributed by atoms with E-state index in [9.17, 15) is 4.79 Å². The van der Waals surface area contributed by atoms with E-state index in [2.05, 4.69) is 10.1 Å². The van der Waals surface area contributed by atoms with Gasteiger partial charge in [0.15, 0.2) is 12.7 Å². The van der Waals surface area contributed by atoms with Crippen molar-refractivity contribution >= 4 is 17.6 Å². The Morgan fingerprint density at radius 1 is 1.21 bits per heavy atom. The van der Waals surface area contributed by atoms with Crippen molar-refractivity contribution in [1.82, 2.24) is 10.1 Å². The van der Waals surface area contributed by atoms with Crippen LogP contribution in [-0.2, 0) is 16.1 Å². The Kier molecular flexibility index (Phi) is 6.16. The molecule has 0 radical (unpaired) electrons. The number of carbonyl (C=O) groups is 1. The topological polar surface area (TPSA) is 83.7 Å². The summed E-state index contributed by atoms with van der Waals surface area (Å²) < 4.78 is 21.3. The maximum absolute atomic E-state index is 12.2. The monoisotopic (exact) mass is 402 g/mol. The summed E-state index contributed by atoms with van der Waals surface area (Å²) in [6.45, 7) is 3.29. The number of para-hydroxylation sites is 1. The third kappa shape index (κ3) is 4.61. The second kappa shape index (κ2) is 8.75. The van der Waals surface area contributed by atoms with Gasteiger partial charge in [-0.1, -0.05) is 28.9 Å². The molecule has 0 spiro atoms. The van der Waals surface area contributed by atoms with Crippen LogP contribution in [0.4, 0.5) is 0 Å². The average Bonchev–Trinajstić information content (AvgIpc) is 3.17. The van der Waals surface area contributed by atoms with Gasteiger partial charge in [0.2, 0.25) is 5.82 Å². The van der Waals surface area contributed by atoms with Crippen molar-refractivity contribution in [2.24, 2.45) is 0 Å². The lowest BCUT2D eigenvalue weighted by Gasteiger charge is -2.15. The number of ether oxygens (including phenoxy) is 3. The van der Waals surface area contributed by atoms with Crippen molar-refractivity contribution in [2.45, 2.75) is 26.6 Å². The number of esters is 1. The summed E-state index contributed by atoms with van der Waals surface area (Å²) in [4.78, 5) is 16.4. The van der Waals surface area contributed by atoms with Crippen LogP contribution < -0.4 is 9.47 Å². The smallest absolute Gasteiger partial charge is 0.347 e. The van der Waals surface area contributed by atoms with Crippen molar-refractivity contribution < 1.29 is 23.5 Å². The summed E-state index contributed by atoms with van der Waals surface area (Å²) >= 11 is 5.92. The molecule has 0 N–H and O–H groups in total. The standard InChI is InChI=1S/C20H19ClN2O5/c1-12-10-14(21)8-9-16(12)27-13(2)20(24)26-11-18-22-19(23-28-18)15-6-4-5-7-17(15)25-3/h4-10,13H,11H2,1-3H3. The molecule has 1 atom stereocenters. The van der Waals surface area contributed by atoms with Crippen LogP contribution in [0.5, 0.6) is 11.5 Å². The highest BCUT2D eigenvalue weighted by Gasteiger charge is 2.19. The molecule has 0 fully saturated rings. The van der Waals surface area contributed by atoms with E-state index in [1.54, 1.807) is 38.3 Å². The highest BCUT2D eigenvalue weighted by atomic mass is 35.5. The van der Waals surface area contributed by atoms with Gasteiger partial charge in [0.05, 0.1) is 12.7 Å². The second-order valence-electron chi connectivity index (χ2n) is 5.99. The first-order valence-corrected chi connectivity index (χ1v) is 8.91. The fourth-order valence-electron chi connectivity index (χ4n) is 2.49. The molecule has 0 saturated heterocycles. The third-order valence-corrected chi connectivity index (χ3v) is 4.16. The quantitative estimate of drug-likeness (QED) is 0.547. The highest BCUT2D eigenvalue weighted by molar-refractivity contribution is 6.30. The van der Waals surface area contributed by atoms with Crippen molar-refractivity contribution in [3.63, 3.8) is 0 Å². The first-order valence-electron chi connectivity index (χ1n) is 8.53. The van der Waals surface area contributed by atoms with Gasteiger partial charge in [-0.25, -0.2) is 4.79 Å². The number of carbonyl (C=O) groups excluding carboxylic acids is 1. The van der Waals surface area contributed by atoms with E-state index in [4.69, 9.17) is 30.3 Å². The zero-order valence-electron chi connectivity index (χ0n) is 15.6. The lowest BCUT2D eigenvalue weighted by Crippen LogP contribution is -2.26. The van der Waals surface area contributed by atoms with E-state index in [0.29, 0.717) is 27.9 Å². The Bertz CT molecular complexity index is 973. The Morgan fingerprint density at radius 2 is 2.00 bits per heavy atom. The third-order valence-electron chi connectivity index (χ3n) is 3.93. The molecule has 146 valence electrons. The number of aromatic nitrogens is 2. The summed E-state index contributed by atoms with van der Waals surface area (Å²) in [5, 5.41) is 4.50. The minimum Gasteiger partial charge on any atom is -0.496 e. The zero-order valence-corrected chi connectivity index (χ0v) is 16.4. The Hall–Kier alpha value is -3.06. The van der Waals surface area contributed by atoms with Crippen molar-refractivity contribution in [3.05, 3.63) is 58.9 Å². The van der Waals surface area contributed by atoms with Crippen LogP contribution in [0.3, 0.4) is 0 Å². The van der Waals surface area contributed by atoms with Crippen LogP contribution >= 0.6 is 11.6 Å². The maximum atomic E-state index is 12.2. The van der Waals surface area contributed by atoms with Crippen LogP contribution in [-0.4, -0.2) is 29.3 Å². The molecule has 3 aromatic rings. The summed E-state index contributed by atoms with van der Waals surface area (Å²) in [7, 11) is 1.56. The number of rotatable bonds is 7. The first-order chi connectivity index (χ1) is 13.5. The number of halogens is 1. The van der Waals surface area contributed by atoms with Gasteiger partial charge in [-0.2, -0.15) is 4.98 Å². The van der Waals surface area contributed by atoms with Gasteiger partial charge >= 0.3 is 5.97 Å². The van der Waals surface area contributed by atoms with E-state index in [1.807, 2.05) is 25.1 Å². The van der Waals surface area contributed by atoms with Gasteiger partial charge in [0.1, 0.15) is 11.5 Å². The zero-order chi connectivity index (χ0) is 20.1. The van der Waals surface area contributed by atoms with Crippen molar-refractivity contribution in [3.8, 4) is 22.9 Å². The van der Waals surface area contributed by atoms with Gasteiger partial charge in [-0.05, 0) is 49.7 Å². The number of benzene rings is 2. The summed E-state index contributed by atoms with van der Waals surface area (Å²) in [5.41, 5.74) is 1.51. The molecular weight excluding hydrogens is 384 g/mol. The van der Waals surface area contributed by atoms with Gasteiger partial charge in [0.25, 0.3) is 5.89 Å². The van der Waals surface area contributed by atoms with E-state index in [1.165, 1.54) is 0 Å². The van der Waals surface area contributed by atoms with Crippen molar-refractivity contribution in [2.75, 3.05) is 7.11 Å². The number of hydrogen-bond donors (Lipinski definition) is 0. The van der Waals surface area contributed by atoms with E-state index < -0.39 is 12.1 Å². The fraction of sp³-hybridized carbons (Fsp3) is 0.250. The molecule has 0 saturated carbocycles. The summed E-state index contributed by atoms with van der Waals surface area (Å²) in [6.07, 6.45) is -0.809. The summed E-state index contributed by atoms with van der Waals surface area (Å²) in [6, 6.07) is 12.4. The SMILES string of the molecule is COc1ccccc1-c1noc(COC(=O)C(C)Oc2ccc(Cl)cc2C)n1. The molecule has 0 aliphatic carbocycles. The number of aryl methyl sites for hydroxylation is 1. The summed E-state index contributed by atoms with van der Waals surface area (Å²) in [5.74, 6) is 1.15. The fourth-order valence-corrected chi connectivity index (χ4v) is 2.71. The van der Waals surface area contributed by atoms with Gasteiger partial charge in [-0.3, -0.25) is 0 Å². The second-order valence-corrected chi connectivity index (χ2v) is 6.43. The van der Waals surface area contributed by atoms with Gasteiger partial charge in [0, 0.05) is 5.02 Å². The molecule has 0 aliphatic heterocycles. The average molecular weight is 403 g/mol. The predicted molar refractivity (Wildman–Crippen MR) is 102 cm³/mol. The molecule has 0 amide bonds. The molecule has 7 nitrogen and oxygen atoms in total. The number of methoxy groups -OCH3 is 1. The normalized spacial score (nSPS) is 11.7. The lowest BCUT2D eigenvalue weighted by atomic mass is 10.2. The predicted octanol–water partition coefficient (Wildman–Crippen LogP) is 4.22. The Morgan fingerprint density at radius 3 is 2.75 bits per heavy atom. The molecule has 28 heavy (non-hydrogen) atoms.